The van der Waals surface area contributed by atoms with Gasteiger partial charge in [-0.05, 0) is 45.6 Å². The van der Waals surface area contributed by atoms with Crippen LogP contribution in [0, 0.1) is 12.8 Å². The number of thioether (sulfide) groups is 1. The molecule has 1 unspecified atom stereocenters. The molecule has 0 saturated carbocycles. The molecule has 0 aliphatic carbocycles. The zero-order valence-electron chi connectivity index (χ0n) is 18.8. The molecule has 0 saturated heterocycles. The number of amides is 2. The lowest BCUT2D eigenvalue weighted by atomic mass is 9.98. The summed E-state index contributed by atoms with van der Waals surface area (Å²) in [6.45, 7) is 12.0. The number of nitrogens with zero attached hydrogens (tertiary/aromatic N) is 2. The maximum absolute atomic E-state index is 12.7. The Labute approximate surface area is 186 Å². The Morgan fingerprint density at radius 3 is 2.60 bits per heavy atom. The van der Waals surface area contributed by atoms with Gasteiger partial charge in [0.15, 0.2) is 5.16 Å². The smallest absolute Gasteiger partial charge is 0.260 e. The predicted molar refractivity (Wildman–Crippen MR) is 124 cm³/mol. The zero-order chi connectivity index (χ0) is 22.6. The third kappa shape index (κ3) is 6.57. The Morgan fingerprint density at radius 2 is 2.00 bits per heavy atom. The minimum absolute atomic E-state index is 0.0112. The van der Waals surface area contributed by atoms with Crippen molar-refractivity contribution in [3.63, 3.8) is 0 Å². The van der Waals surface area contributed by atoms with Gasteiger partial charge in [0.2, 0.25) is 11.8 Å². The van der Waals surface area contributed by atoms with E-state index in [9.17, 15) is 14.4 Å². The first-order valence-electron chi connectivity index (χ1n) is 10.1. The summed E-state index contributed by atoms with van der Waals surface area (Å²) in [7, 11) is 1.59. The predicted octanol–water partition coefficient (Wildman–Crippen LogP) is 3.35. The summed E-state index contributed by atoms with van der Waals surface area (Å²) < 4.78 is 0. The van der Waals surface area contributed by atoms with Crippen LogP contribution < -0.4 is 10.9 Å². The van der Waals surface area contributed by atoms with Crippen molar-refractivity contribution in [2.75, 3.05) is 19.3 Å². The van der Waals surface area contributed by atoms with Crippen molar-refractivity contribution in [2.45, 2.75) is 65.1 Å². The number of aromatic nitrogens is 2. The highest BCUT2D eigenvalue weighted by Gasteiger charge is 2.20. The average Bonchev–Trinajstić information content (AvgIpc) is 2.93. The van der Waals surface area contributed by atoms with Crippen LogP contribution in [-0.2, 0) is 16.0 Å². The first-order chi connectivity index (χ1) is 13.9. The Hall–Kier alpha value is -1.87. The number of thiophene rings is 1. The molecule has 30 heavy (non-hydrogen) atoms. The number of hydrogen-bond acceptors (Lipinski definition) is 6. The number of H-pyrrole nitrogens is 1. The highest BCUT2D eigenvalue weighted by molar-refractivity contribution is 7.99. The van der Waals surface area contributed by atoms with Crippen molar-refractivity contribution in [1.29, 1.82) is 0 Å². The lowest BCUT2D eigenvalue weighted by Gasteiger charge is -2.23. The van der Waals surface area contributed by atoms with E-state index in [1.54, 1.807) is 7.05 Å². The molecule has 7 nitrogen and oxygen atoms in total. The van der Waals surface area contributed by atoms with Crippen LogP contribution in [0.4, 0.5) is 0 Å². The first-order valence-corrected chi connectivity index (χ1v) is 11.9. The lowest BCUT2D eigenvalue weighted by Crippen LogP contribution is -2.46. The number of aryl methyl sites for hydroxylation is 1. The fraction of sp³-hybridized carbons (Fsp3) is 0.619. The van der Waals surface area contributed by atoms with Gasteiger partial charge < -0.3 is 15.2 Å². The summed E-state index contributed by atoms with van der Waals surface area (Å²) in [5.41, 5.74) is 0.576. The van der Waals surface area contributed by atoms with Crippen LogP contribution in [0.1, 0.15) is 51.5 Å². The van der Waals surface area contributed by atoms with Gasteiger partial charge in [0.25, 0.3) is 5.56 Å². The van der Waals surface area contributed by atoms with Crippen LogP contribution in [0.5, 0.6) is 0 Å². The van der Waals surface area contributed by atoms with E-state index in [1.165, 1.54) is 28.0 Å². The van der Waals surface area contributed by atoms with Gasteiger partial charge in [-0.1, -0.05) is 32.0 Å². The molecule has 2 rings (SSSR count). The number of likely N-dealkylation sites (N-methyl/N-ethyl adjacent to an activating group) is 1. The van der Waals surface area contributed by atoms with Crippen molar-refractivity contribution in [3.05, 3.63) is 20.8 Å². The second-order valence-electron chi connectivity index (χ2n) is 8.74. The molecule has 0 bridgehead atoms. The molecule has 9 heteroatoms. The van der Waals surface area contributed by atoms with Crippen molar-refractivity contribution in [1.82, 2.24) is 20.2 Å². The minimum atomic E-state index is -0.346. The normalized spacial score (nSPS) is 12.8. The van der Waals surface area contributed by atoms with Gasteiger partial charge in [0.1, 0.15) is 4.83 Å². The Balaban J connectivity index is 2.07. The van der Waals surface area contributed by atoms with Gasteiger partial charge in [-0.2, -0.15) is 0 Å². The van der Waals surface area contributed by atoms with Crippen molar-refractivity contribution in [3.8, 4) is 0 Å². The van der Waals surface area contributed by atoms with Gasteiger partial charge >= 0.3 is 0 Å². The van der Waals surface area contributed by atoms with Gasteiger partial charge in [-0.25, -0.2) is 4.98 Å². The van der Waals surface area contributed by atoms with Crippen LogP contribution in [0.25, 0.3) is 10.2 Å². The van der Waals surface area contributed by atoms with Crippen LogP contribution in [0.3, 0.4) is 0 Å². The van der Waals surface area contributed by atoms with Crippen molar-refractivity contribution >= 4 is 45.1 Å². The molecule has 0 aromatic carbocycles. The molecule has 166 valence electrons. The molecule has 1 atom stereocenters. The number of fused-ring (bicyclic) bond motifs is 1. The Bertz CT molecular complexity index is 975. The van der Waals surface area contributed by atoms with E-state index in [4.69, 9.17) is 0 Å². The van der Waals surface area contributed by atoms with E-state index in [1.807, 2.05) is 27.7 Å². The lowest BCUT2D eigenvalue weighted by molar-refractivity contribution is -0.133. The Morgan fingerprint density at radius 1 is 1.33 bits per heavy atom. The summed E-state index contributed by atoms with van der Waals surface area (Å²) in [6, 6.07) is 0. The van der Waals surface area contributed by atoms with E-state index >= 15 is 0 Å². The van der Waals surface area contributed by atoms with Crippen molar-refractivity contribution in [2.24, 2.45) is 5.92 Å². The summed E-state index contributed by atoms with van der Waals surface area (Å²) >= 11 is 2.70. The third-order valence-electron chi connectivity index (χ3n) is 4.74. The molecule has 0 aliphatic heterocycles. The second-order valence-corrected chi connectivity index (χ2v) is 10.9. The fourth-order valence-corrected chi connectivity index (χ4v) is 4.88. The highest BCUT2D eigenvalue weighted by atomic mass is 32.2. The minimum Gasteiger partial charge on any atom is -0.350 e. The quantitative estimate of drug-likeness (QED) is 0.473. The van der Waals surface area contributed by atoms with Gasteiger partial charge in [-0.15, -0.1) is 11.3 Å². The highest BCUT2D eigenvalue weighted by Crippen LogP contribution is 2.30. The van der Waals surface area contributed by atoms with Gasteiger partial charge in [0, 0.05) is 17.5 Å². The fourth-order valence-electron chi connectivity index (χ4n) is 2.96. The maximum atomic E-state index is 12.7. The first kappa shape index (κ1) is 24.4. The zero-order valence-corrected chi connectivity index (χ0v) is 20.5. The van der Waals surface area contributed by atoms with E-state index < -0.39 is 0 Å². The van der Waals surface area contributed by atoms with E-state index in [2.05, 4.69) is 29.1 Å². The monoisotopic (exact) mass is 452 g/mol. The topological polar surface area (TPSA) is 95.2 Å². The largest absolute Gasteiger partial charge is 0.350 e. The van der Waals surface area contributed by atoms with Gasteiger partial charge in [0.05, 0.1) is 17.7 Å². The summed E-state index contributed by atoms with van der Waals surface area (Å²) in [5.74, 6) is 0.182. The summed E-state index contributed by atoms with van der Waals surface area (Å²) in [6.07, 6.45) is 1.92. The second kappa shape index (κ2) is 9.96. The molecule has 2 amide bonds. The summed E-state index contributed by atoms with van der Waals surface area (Å²) in [5, 5.41) is 3.93. The Kier molecular flexibility index (Phi) is 8.10. The van der Waals surface area contributed by atoms with Gasteiger partial charge in [-0.3, -0.25) is 14.4 Å². The molecule has 0 fully saturated rings. The molecule has 2 N–H and O–H groups in total. The molecule has 0 spiro atoms. The number of nitrogens with one attached hydrogen (secondary N) is 2. The SMILES string of the molecule is CCC(C)Cc1c(C)sc2nc(SCC(=O)N(C)CC(=O)NC(C)(C)C)[nH]c(=O)c12. The number of aromatic amines is 1. The molecule has 2 aromatic rings. The standard InChI is InChI=1S/C21H32N4O3S2/c1-8-12(2)9-14-13(3)30-19-17(14)18(28)22-20(23-19)29-11-16(27)25(7)10-15(26)24-21(4,5)6/h12H,8-11H2,1-7H3,(H,24,26)(H,22,23,28). The average molecular weight is 453 g/mol. The third-order valence-corrected chi connectivity index (χ3v) is 6.64. The van der Waals surface area contributed by atoms with Crippen molar-refractivity contribution < 1.29 is 9.59 Å². The van der Waals surface area contributed by atoms with E-state index in [-0.39, 0.29) is 35.2 Å². The molecule has 2 aromatic heterocycles. The van der Waals surface area contributed by atoms with Crippen LogP contribution in [0.2, 0.25) is 0 Å². The number of carbonyl (C=O) groups excluding carboxylic acids is 2. The molecule has 2 heterocycles. The maximum Gasteiger partial charge on any atom is 0.260 e. The number of rotatable bonds is 8. The summed E-state index contributed by atoms with van der Waals surface area (Å²) in [4.78, 5) is 47.7. The van der Waals surface area contributed by atoms with Crippen LogP contribution in [0.15, 0.2) is 9.95 Å². The van der Waals surface area contributed by atoms with E-state index in [0.717, 1.165) is 23.3 Å². The number of carbonyl (C=O) groups is 2. The molecule has 0 aliphatic rings. The number of hydrogen-bond donors (Lipinski definition) is 2. The van der Waals surface area contributed by atoms with E-state index in [0.29, 0.717) is 21.3 Å². The molecular formula is C21H32N4O3S2. The van der Waals surface area contributed by atoms with Crippen LogP contribution >= 0.6 is 23.1 Å². The molecule has 0 radical (unpaired) electrons. The van der Waals surface area contributed by atoms with Crippen LogP contribution in [-0.4, -0.2) is 51.6 Å². The molecular weight excluding hydrogens is 420 g/mol.